The number of thioether (sulfide) groups is 1. The van der Waals surface area contributed by atoms with E-state index in [2.05, 4.69) is 34.6 Å². The van der Waals surface area contributed by atoms with Gasteiger partial charge in [-0.2, -0.15) is 11.8 Å². The molecule has 1 aliphatic heterocycles. The third-order valence-corrected chi connectivity index (χ3v) is 5.01. The van der Waals surface area contributed by atoms with E-state index in [1.165, 1.54) is 0 Å². The lowest BCUT2D eigenvalue weighted by Crippen LogP contribution is -2.42. The second-order valence-corrected chi connectivity index (χ2v) is 9.18. The smallest absolute Gasteiger partial charge is 0.227 e. The number of amides is 1. The maximum atomic E-state index is 12.6. The molecule has 4 heteroatoms. The van der Waals surface area contributed by atoms with Gasteiger partial charge in [-0.25, -0.2) is 0 Å². The predicted molar refractivity (Wildman–Crippen MR) is 84.4 cm³/mol. The van der Waals surface area contributed by atoms with Crippen LogP contribution in [0.3, 0.4) is 0 Å². The van der Waals surface area contributed by atoms with Crippen LogP contribution in [0.4, 0.5) is 0 Å². The molecule has 1 heterocycles. The zero-order valence-electron chi connectivity index (χ0n) is 13.2. The van der Waals surface area contributed by atoms with E-state index in [9.17, 15) is 4.79 Å². The normalized spacial score (nSPS) is 21.9. The van der Waals surface area contributed by atoms with Gasteiger partial charge in [-0.3, -0.25) is 4.79 Å². The maximum Gasteiger partial charge on any atom is 0.227 e. The van der Waals surface area contributed by atoms with Gasteiger partial charge in [0.25, 0.3) is 0 Å². The van der Waals surface area contributed by atoms with E-state index in [1.807, 2.05) is 16.7 Å². The molecule has 0 aromatic carbocycles. The Bertz CT molecular complexity index is 310. The summed E-state index contributed by atoms with van der Waals surface area (Å²) in [6, 6.07) is 0. The van der Waals surface area contributed by atoms with Gasteiger partial charge in [0.15, 0.2) is 0 Å². The summed E-state index contributed by atoms with van der Waals surface area (Å²) in [5, 5.41) is 0. The van der Waals surface area contributed by atoms with Gasteiger partial charge in [0.05, 0.1) is 5.92 Å². The van der Waals surface area contributed by atoms with Crippen molar-refractivity contribution < 1.29 is 4.79 Å². The number of rotatable bonds is 3. The fourth-order valence-electron chi connectivity index (χ4n) is 2.51. The Morgan fingerprint density at radius 3 is 2.53 bits per heavy atom. The van der Waals surface area contributed by atoms with Gasteiger partial charge in [0.1, 0.15) is 0 Å². The Morgan fingerprint density at radius 1 is 1.37 bits per heavy atom. The molecule has 1 unspecified atom stereocenters. The van der Waals surface area contributed by atoms with E-state index in [0.29, 0.717) is 6.54 Å². The summed E-state index contributed by atoms with van der Waals surface area (Å²) >= 11 is 1.97. The number of hydrogen-bond donors (Lipinski definition) is 1. The minimum atomic E-state index is -0.0220. The average Bonchev–Trinajstić information content (AvgIpc) is 2.45. The van der Waals surface area contributed by atoms with Crippen molar-refractivity contribution in [3.8, 4) is 0 Å². The van der Waals surface area contributed by atoms with E-state index in [-0.39, 0.29) is 22.0 Å². The van der Waals surface area contributed by atoms with Crippen molar-refractivity contribution >= 4 is 17.7 Å². The van der Waals surface area contributed by atoms with Crippen LogP contribution in [0.1, 0.15) is 47.5 Å². The van der Waals surface area contributed by atoms with Gasteiger partial charge in [0.2, 0.25) is 5.91 Å². The van der Waals surface area contributed by atoms with Crippen molar-refractivity contribution in [1.82, 2.24) is 4.90 Å². The average molecular weight is 286 g/mol. The standard InChI is InChI=1S/C15H30N2OS/c1-14(2,3)10-12(11-16)13(18)17-7-6-15(4,5)19-9-8-17/h12H,6-11,16H2,1-5H3. The van der Waals surface area contributed by atoms with Crippen LogP contribution in [0, 0.1) is 11.3 Å². The molecule has 0 aromatic heterocycles. The number of carbonyl (C=O) groups is 1. The minimum absolute atomic E-state index is 0.0220. The van der Waals surface area contributed by atoms with Crippen LogP contribution in [0.25, 0.3) is 0 Å². The summed E-state index contributed by atoms with van der Waals surface area (Å²) in [4.78, 5) is 14.6. The van der Waals surface area contributed by atoms with Gasteiger partial charge >= 0.3 is 0 Å². The van der Waals surface area contributed by atoms with Crippen LogP contribution in [0.5, 0.6) is 0 Å². The monoisotopic (exact) mass is 286 g/mol. The van der Waals surface area contributed by atoms with Crippen LogP contribution >= 0.6 is 11.8 Å². The molecule has 3 nitrogen and oxygen atoms in total. The van der Waals surface area contributed by atoms with E-state index >= 15 is 0 Å². The molecule has 112 valence electrons. The summed E-state index contributed by atoms with van der Waals surface area (Å²) in [5.74, 6) is 1.27. The van der Waals surface area contributed by atoms with Crippen molar-refractivity contribution in [3.63, 3.8) is 0 Å². The van der Waals surface area contributed by atoms with Crippen LogP contribution in [-0.2, 0) is 4.79 Å². The van der Waals surface area contributed by atoms with E-state index in [4.69, 9.17) is 5.73 Å². The summed E-state index contributed by atoms with van der Waals surface area (Å²) in [6.07, 6.45) is 1.94. The van der Waals surface area contributed by atoms with Gasteiger partial charge < -0.3 is 10.6 Å². The zero-order chi connectivity index (χ0) is 14.7. The molecule has 0 saturated carbocycles. The van der Waals surface area contributed by atoms with Gasteiger partial charge in [-0.05, 0) is 18.3 Å². The molecule has 1 amide bonds. The summed E-state index contributed by atoms with van der Waals surface area (Å²) in [7, 11) is 0. The third kappa shape index (κ3) is 5.74. The molecule has 1 atom stereocenters. The highest BCUT2D eigenvalue weighted by molar-refractivity contribution is 8.00. The lowest BCUT2D eigenvalue weighted by atomic mass is 9.84. The van der Waals surface area contributed by atoms with Crippen LogP contribution in [-0.4, -0.2) is 40.9 Å². The highest BCUT2D eigenvalue weighted by atomic mass is 32.2. The van der Waals surface area contributed by atoms with E-state index in [1.54, 1.807) is 0 Å². The quantitative estimate of drug-likeness (QED) is 0.868. The highest BCUT2D eigenvalue weighted by Crippen LogP contribution is 2.32. The highest BCUT2D eigenvalue weighted by Gasteiger charge is 2.31. The molecule has 0 radical (unpaired) electrons. The molecule has 19 heavy (non-hydrogen) atoms. The van der Waals surface area contributed by atoms with Gasteiger partial charge in [-0.1, -0.05) is 34.6 Å². The molecule has 0 aliphatic carbocycles. The Labute approximate surface area is 122 Å². The molecule has 0 bridgehead atoms. The first kappa shape index (κ1) is 16.8. The molecule has 1 fully saturated rings. The molecular weight excluding hydrogens is 256 g/mol. The topological polar surface area (TPSA) is 46.3 Å². The third-order valence-electron chi connectivity index (χ3n) is 3.64. The Morgan fingerprint density at radius 2 is 2.00 bits per heavy atom. The maximum absolute atomic E-state index is 12.6. The zero-order valence-corrected chi connectivity index (χ0v) is 14.0. The number of nitrogens with zero attached hydrogens (tertiary/aromatic N) is 1. The van der Waals surface area contributed by atoms with Crippen LogP contribution in [0.2, 0.25) is 0 Å². The van der Waals surface area contributed by atoms with Crippen molar-refractivity contribution in [2.75, 3.05) is 25.4 Å². The Kier molecular flexibility index (Phi) is 5.75. The van der Waals surface area contributed by atoms with Crippen molar-refractivity contribution in [2.24, 2.45) is 17.1 Å². The van der Waals surface area contributed by atoms with Crippen LogP contribution < -0.4 is 5.73 Å². The number of carbonyl (C=O) groups excluding carboxylic acids is 1. The van der Waals surface area contributed by atoms with Crippen molar-refractivity contribution in [2.45, 2.75) is 52.2 Å². The fraction of sp³-hybridized carbons (Fsp3) is 0.933. The Balaban J connectivity index is 2.65. The second-order valence-electron chi connectivity index (χ2n) is 7.38. The molecule has 0 aromatic rings. The summed E-state index contributed by atoms with van der Waals surface area (Å²) < 4.78 is 0.289. The first-order valence-corrected chi connectivity index (χ1v) is 8.26. The van der Waals surface area contributed by atoms with Crippen LogP contribution in [0.15, 0.2) is 0 Å². The summed E-state index contributed by atoms with van der Waals surface area (Å²) in [6.45, 7) is 13.2. The lowest BCUT2D eigenvalue weighted by molar-refractivity contribution is -0.136. The number of hydrogen-bond acceptors (Lipinski definition) is 3. The van der Waals surface area contributed by atoms with Gasteiger partial charge in [0, 0.05) is 30.1 Å². The van der Waals surface area contributed by atoms with E-state index < -0.39 is 0 Å². The molecule has 1 saturated heterocycles. The molecule has 1 rings (SSSR count). The largest absolute Gasteiger partial charge is 0.342 e. The van der Waals surface area contributed by atoms with E-state index in [0.717, 1.165) is 31.7 Å². The molecule has 1 aliphatic rings. The first-order chi connectivity index (χ1) is 8.64. The SMILES string of the molecule is CC(C)(C)CC(CN)C(=O)N1CCSC(C)(C)CC1. The summed E-state index contributed by atoms with van der Waals surface area (Å²) in [5.41, 5.74) is 5.98. The first-order valence-electron chi connectivity index (χ1n) is 7.27. The Hall–Kier alpha value is -0.220. The predicted octanol–water partition coefficient (Wildman–Crippen LogP) is 2.74. The van der Waals surface area contributed by atoms with Crippen molar-refractivity contribution in [1.29, 1.82) is 0 Å². The molecular formula is C15H30N2OS. The number of nitrogens with two attached hydrogens (primary N) is 1. The second kappa shape index (κ2) is 6.49. The lowest BCUT2D eigenvalue weighted by Gasteiger charge is -2.30. The molecule has 2 N–H and O–H groups in total. The molecule has 0 spiro atoms. The van der Waals surface area contributed by atoms with Crippen molar-refractivity contribution in [3.05, 3.63) is 0 Å². The minimum Gasteiger partial charge on any atom is -0.342 e. The fourth-order valence-corrected chi connectivity index (χ4v) is 3.61. The van der Waals surface area contributed by atoms with Gasteiger partial charge in [-0.15, -0.1) is 0 Å².